The monoisotopic (exact) mass is 360 g/mol. The van der Waals surface area contributed by atoms with E-state index >= 15 is 0 Å². The third kappa shape index (κ3) is 5.31. The molecule has 1 atom stereocenters. The lowest BCUT2D eigenvalue weighted by atomic mass is 10.1. The number of halogens is 1. The molecule has 2 rings (SSSR count). The van der Waals surface area contributed by atoms with Crippen LogP contribution in [0.3, 0.4) is 0 Å². The van der Waals surface area contributed by atoms with Gasteiger partial charge in [-0.3, -0.25) is 4.79 Å². The minimum absolute atomic E-state index is 0.00511. The summed E-state index contributed by atoms with van der Waals surface area (Å²) in [5.74, 6) is -0.629. The van der Waals surface area contributed by atoms with Gasteiger partial charge in [0.15, 0.2) is 0 Å². The molecule has 0 heterocycles. The predicted octanol–water partition coefficient (Wildman–Crippen LogP) is 3.72. The fraction of sp³-hybridized carbons (Fsp3) is 0.263. The Morgan fingerprint density at radius 1 is 1.16 bits per heavy atom. The average molecular weight is 361 g/mol. The zero-order chi connectivity index (χ0) is 18.4. The number of nitrogens with one attached hydrogen (secondary N) is 2. The highest BCUT2D eigenvalue weighted by atomic mass is 35.5. The Hall–Kier alpha value is -2.37. The van der Waals surface area contributed by atoms with Gasteiger partial charge in [0.2, 0.25) is 5.91 Å². The van der Waals surface area contributed by atoms with Gasteiger partial charge in [0.05, 0.1) is 19.2 Å². The zero-order valence-corrected chi connectivity index (χ0v) is 15.2. The maximum Gasteiger partial charge on any atom is 0.337 e. The van der Waals surface area contributed by atoms with Crippen molar-refractivity contribution in [2.45, 2.75) is 19.9 Å². The summed E-state index contributed by atoms with van der Waals surface area (Å²) >= 11 is 5.88. The lowest BCUT2D eigenvalue weighted by Gasteiger charge is -2.15. The highest BCUT2D eigenvalue weighted by molar-refractivity contribution is 6.30. The molecule has 0 saturated heterocycles. The van der Waals surface area contributed by atoms with Crippen molar-refractivity contribution in [3.8, 4) is 0 Å². The highest BCUT2D eigenvalue weighted by Gasteiger charge is 2.12. The van der Waals surface area contributed by atoms with E-state index in [-0.39, 0.29) is 18.5 Å². The summed E-state index contributed by atoms with van der Waals surface area (Å²) in [7, 11) is 1.32. The molecule has 132 valence electrons. The number of esters is 1. The molecular weight excluding hydrogens is 340 g/mol. The number of ether oxygens (including phenoxy) is 1. The van der Waals surface area contributed by atoms with Crippen molar-refractivity contribution in [1.82, 2.24) is 5.32 Å². The van der Waals surface area contributed by atoms with E-state index in [1.54, 1.807) is 18.2 Å². The van der Waals surface area contributed by atoms with E-state index in [1.165, 1.54) is 7.11 Å². The Balaban J connectivity index is 1.96. The number of carbonyl (C=O) groups is 2. The van der Waals surface area contributed by atoms with E-state index in [0.29, 0.717) is 16.3 Å². The molecule has 6 heteroatoms. The largest absolute Gasteiger partial charge is 0.465 e. The van der Waals surface area contributed by atoms with Crippen LogP contribution in [-0.2, 0) is 9.53 Å². The van der Waals surface area contributed by atoms with Gasteiger partial charge < -0.3 is 15.4 Å². The molecule has 0 radical (unpaired) electrons. The number of hydrogen-bond donors (Lipinski definition) is 2. The van der Waals surface area contributed by atoms with Crippen LogP contribution in [-0.4, -0.2) is 25.5 Å². The van der Waals surface area contributed by atoms with Crippen LogP contribution in [0.4, 0.5) is 5.69 Å². The number of aryl methyl sites for hydroxylation is 1. The molecule has 0 aliphatic heterocycles. The maximum absolute atomic E-state index is 12.2. The van der Waals surface area contributed by atoms with Crippen LogP contribution in [0.25, 0.3) is 0 Å². The highest BCUT2D eigenvalue weighted by Crippen LogP contribution is 2.18. The lowest BCUT2D eigenvalue weighted by molar-refractivity contribution is -0.115. The molecule has 0 aliphatic carbocycles. The normalized spacial score (nSPS) is 11.7. The van der Waals surface area contributed by atoms with Crippen molar-refractivity contribution in [1.29, 1.82) is 0 Å². The van der Waals surface area contributed by atoms with Crippen molar-refractivity contribution in [3.05, 3.63) is 64.2 Å². The van der Waals surface area contributed by atoms with Gasteiger partial charge in [-0.05, 0) is 49.2 Å². The summed E-state index contributed by atoms with van der Waals surface area (Å²) in [6.45, 7) is 3.98. The Morgan fingerprint density at radius 2 is 1.84 bits per heavy atom. The van der Waals surface area contributed by atoms with Crippen molar-refractivity contribution in [3.63, 3.8) is 0 Å². The van der Waals surface area contributed by atoms with Gasteiger partial charge in [0.1, 0.15) is 0 Å². The number of amides is 1. The van der Waals surface area contributed by atoms with Crippen LogP contribution >= 0.6 is 11.6 Å². The quantitative estimate of drug-likeness (QED) is 0.770. The van der Waals surface area contributed by atoms with Gasteiger partial charge in [-0.1, -0.05) is 29.8 Å². The molecule has 0 spiro atoms. The number of carbonyl (C=O) groups excluding carboxylic acids is 2. The molecule has 25 heavy (non-hydrogen) atoms. The number of benzene rings is 2. The number of anilines is 1. The predicted molar refractivity (Wildman–Crippen MR) is 99.0 cm³/mol. The minimum Gasteiger partial charge on any atom is -0.465 e. The molecule has 2 aromatic rings. The topological polar surface area (TPSA) is 67.4 Å². The molecule has 0 unspecified atom stereocenters. The van der Waals surface area contributed by atoms with E-state index in [0.717, 1.165) is 11.1 Å². The third-order valence-electron chi connectivity index (χ3n) is 3.87. The lowest BCUT2D eigenvalue weighted by Crippen LogP contribution is -2.30. The maximum atomic E-state index is 12.2. The van der Waals surface area contributed by atoms with E-state index < -0.39 is 5.97 Å². The summed E-state index contributed by atoms with van der Waals surface area (Å²) in [5.41, 5.74) is 2.90. The first-order chi connectivity index (χ1) is 11.9. The van der Waals surface area contributed by atoms with Gasteiger partial charge in [0.25, 0.3) is 0 Å². The van der Waals surface area contributed by atoms with Crippen molar-refractivity contribution < 1.29 is 14.3 Å². The molecule has 0 bridgehead atoms. The van der Waals surface area contributed by atoms with Gasteiger partial charge in [0, 0.05) is 16.8 Å². The standard InChI is InChI=1S/C19H21ClN2O3/c1-12-4-5-15(19(24)25-3)10-17(12)22-18(23)11-21-13(2)14-6-8-16(20)9-7-14/h4-10,13,21H,11H2,1-3H3,(H,22,23)/t13-/m0/s1. The fourth-order valence-electron chi connectivity index (χ4n) is 2.31. The van der Waals surface area contributed by atoms with E-state index in [4.69, 9.17) is 16.3 Å². The minimum atomic E-state index is -0.440. The zero-order valence-electron chi connectivity index (χ0n) is 14.4. The van der Waals surface area contributed by atoms with Crippen molar-refractivity contribution in [2.75, 3.05) is 19.0 Å². The van der Waals surface area contributed by atoms with E-state index in [2.05, 4.69) is 10.6 Å². The molecule has 0 fully saturated rings. The van der Waals surface area contributed by atoms with Gasteiger partial charge in [-0.15, -0.1) is 0 Å². The smallest absolute Gasteiger partial charge is 0.337 e. The van der Waals surface area contributed by atoms with Gasteiger partial charge >= 0.3 is 5.97 Å². The molecule has 0 aromatic heterocycles. The van der Waals surface area contributed by atoms with Crippen molar-refractivity contribution >= 4 is 29.2 Å². The molecule has 1 amide bonds. The molecule has 5 nitrogen and oxygen atoms in total. The van der Waals surface area contributed by atoms with Crippen LogP contribution in [0.15, 0.2) is 42.5 Å². The summed E-state index contributed by atoms with van der Waals surface area (Å²) in [5, 5.41) is 6.65. The van der Waals surface area contributed by atoms with Crippen LogP contribution in [0.5, 0.6) is 0 Å². The summed E-state index contributed by atoms with van der Waals surface area (Å²) in [6, 6.07) is 12.5. The number of methoxy groups -OCH3 is 1. The van der Waals surface area contributed by atoms with Crippen molar-refractivity contribution in [2.24, 2.45) is 0 Å². The molecule has 0 saturated carbocycles. The molecule has 0 aliphatic rings. The first-order valence-corrected chi connectivity index (χ1v) is 8.26. The second-order valence-electron chi connectivity index (χ2n) is 5.72. The first kappa shape index (κ1) is 19.0. The second kappa shape index (κ2) is 8.65. The Morgan fingerprint density at radius 3 is 2.48 bits per heavy atom. The first-order valence-electron chi connectivity index (χ1n) is 7.88. The number of hydrogen-bond acceptors (Lipinski definition) is 4. The van der Waals surface area contributed by atoms with Crippen LogP contribution in [0, 0.1) is 6.92 Å². The van der Waals surface area contributed by atoms with E-state index in [9.17, 15) is 9.59 Å². The van der Waals surface area contributed by atoms with Gasteiger partial charge in [-0.25, -0.2) is 4.79 Å². The van der Waals surface area contributed by atoms with Gasteiger partial charge in [-0.2, -0.15) is 0 Å². The van der Waals surface area contributed by atoms with Crippen LogP contribution in [0.1, 0.15) is 34.5 Å². The second-order valence-corrected chi connectivity index (χ2v) is 6.16. The average Bonchev–Trinajstić information content (AvgIpc) is 2.61. The Labute approximate surface area is 152 Å². The van der Waals surface area contributed by atoms with Crippen LogP contribution < -0.4 is 10.6 Å². The molecule has 2 aromatic carbocycles. The third-order valence-corrected chi connectivity index (χ3v) is 4.12. The summed E-state index contributed by atoms with van der Waals surface area (Å²) < 4.78 is 4.70. The Bertz CT molecular complexity index is 760. The Kier molecular flexibility index (Phi) is 6.56. The van der Waals surface area contributed by atoms with E-state index in [1.807, 2.05) is 38.1 Å². The summed E-state index contributed by atoms with van der Waals surface area (Å²) in [4.78, 5) is 23.8. The SMILES string of the molecule is COC(=O)c1ccc(C)c(NC(=O)CN[C@@H](C)c2ccc(Cl)cc2)c1. The summed E-state index contributed by atoms with van der Waals surface area (Å²) in [6.07, 6.45) is 0. The fourth-order valence-corrected chi connectivity index (χ4v) is 2.44. The molecular formula is C19H21ClN2O3. The molecule has 2 N–H and O–H groups in total. The number of rotatable bonds is 6. The van der Waals surface area contributed by atoms with Crippen LogP contribution in [0.2, 0.25) is 5.02 Å².